The van der Waals surface area contributed by atoms with Crippen LogP contribution in [0.2, 0.25) is 0 Å². The van der Waals surface area contributed by atoms with Crippen molar-refractivity contribution in [2.45, 2.75) is 31.3 Å². The van der Waals surface area contributed by atoms with Crippen molar-refractivity contribution in [2.24, 2.45) is 11.7 Å². The summed E-state index contributed by atoms with van der Waals surface area (Å²) >= 11 is 0. The fraction of sp³-hybridized carbons (Fsp3) is 0.643. The highest BCUT2D eigenvalue weighted by atomic mass is 16.3. The summed E-state index contributed by atoms with van der Waals surface area (Å²) in [6, 6.07) is 3.79. The smallest absolute Gasteiger partial charge is 0.240 e. The summed E-state index contributed by atoms with van der Waals surface area (Å²) in [6.07, 6.45) is 3.75. The zero-order valence-corrected chi connectivity index (χ0v) is 11.8. The van der Waals surface area contributed by atoms with E-state index in [0.29, 0.717) is 12.5 Å². The number of nitrogens with one attached hydrogen (secondary N) is 1. The number of carbonyl (C=O) groups excluding carboxylic acids is 1. The maximum atomic E-state index is 12.2. The van der Waals surface area contributed by atoms with Crippen molar-refractivity contribution < 1.29 is 9.21 Å². The molecule has 1 aliphatic rings. The maximum absolute atomic E-state index is 12.2. The number of nitrogens with two attached hydrogens (primary N) is 1. The third kappa shape index (κ3) is 3.16. The molecule has 5 heteroatoms. The molecule has 0 radical (unpaired) electrons. The minimum Gasteiger partial charge on any atom is -0.468 e. The van der Waals surface area contributed by atoms with Gasteiger partial charge in [0.05, 0.1) is 17.8 Å². The van der Waals surface area contributed by atoms with Gasteiger partial charge in [-0.3, -0.25) is 9.69 Å². The number of carbonyl (C=O) groups is 1. The highest BCUT2D eigenvalue weighted by Gasteiger charge is 2.44. The van der Waals surface area contributed by atoms with Gasteiger partial charge in [-0.25, -0.2) is 0 Å². The van der Waals surface area contributed by atoms with E-state index in [4.69, 9.17) is 10.2 Å². The zero-order valence-electron chi connectivity index (χ0n) is 11.8. The Morgan fingerprint density at radius 3 is 2.79 bits per heavy atom. The molecule has 0 spiro atoms. The molecular weight excluding hydrogens is 242 g/mol. The fourth-order valence-corrected chi connectivity index (χ4v) is 2.27. The topological polar surface area (TPSA) is 71.5 Å². The third-order valence-electron chi connectivity index (χ3n) is 3.87. The number of hydrogen-bond acceptors (Lipinski definition) is 4. The van der Waals surface area contributed by atoms with Crippen LogP contribution in [0.15, 0.2) is 22.8 Å². The van der Waals surface area contributed by atoms with Crippen LogP contribution in [0.3, 0.4) is 0 Å². The summed E-state index contributed by atoms with van der Waals surface area (Å²) < 4.78 is 5.41. The molecule has 1 amide bonds. The van der Waals surface area contributed by atoms with Crippen molar-refractivity contribution in [3.63, 3.8) is 0 Å². The van der Waals surface area contributed by atoms with E-state index < -0.39 is 5.54 Å². The van der Waals surface area contributed by atoms with E-state index in [1.807, 2.05) is 38.1 Å². The van der Waals surface area contributed by atoms with Gasteiger partial charge in [-0.15, -0.1) is 0 Å². The lowest BCUT2D eigenvalue weighted by Crippen LogP contribution is -2.54. The number of furan rings is 1. The lowest BCUT2D eigenvalue weighted by molar-refractivity contribution is -0.126. The Labute approximate surface area is 114 Å². The van der Waals surface area contributed by atoms with Crippen LogP contribution in [0.1, 0.15) is 31.6 Å². The average Bonchev–Trinajstić information content (AvgIpc) is 3.08. The maximum Gasteiger partial charge on any atom is 0.240 e. The summed E-state index contributed by atoms with van der Waals surface area (Å²) in [7, 11) is 3.92. The molecule has 19 heavy (non-hydrogen) atoms. The molecule has 1 aliphatic carbocycles. The molecule has 5 nitrogen and oxygen atoms in total. The molecule has 3 N–H and O–H groups in total. The quantitative estimate of drug-likeness (QED) is 0.808. The van der Waals surface area contributed by atoms with E-state index in [2.05, 4.69) is 5.32 Å². The molecule has 1 aromatic heterocycles. The average molecular weight is 265 g/mol. The first-order valence-electron chi connectivity index (χ1n) is 6.70. The van der Waals surface area contributed by atoms with E-state index in [0.717, 1.165) is 18.6 Å². The first-order valence-corrected chi connectivity index (χ1v) is 6.70. The van der Waals surface area contributed by atoms with Crippen molar-refractivity contribution in [1.29, 1.82) is 0 Å². The number of nitrogens with zero attached hydrogens (tertiary/aromatic N) is 1. The van der Waals surface area contributed by atoms with Gasteiger partial charge in [-0.05, 0) is 51.9 Å². The molecule has 1 aromatic rings. The zero-order chi connectivity index (χ0) is 14.0. The molecule has 0 saturated heterocycles. The Morgan fingerprint density at radius 2 is 2.32 bits per heavy atom. The van der Waals surface area contributed by atoms with Crippen molar-refractivity contribution in [3.05, 3.63) is 24.2 Å². The van der Waals surface area contributed by atoms with Gasteiger partial charge in [0.1, 0.15) is 5.76 Å². The number of amides is 1. The van der Waals surface area contributed by atoms with Crippen LogP contribution in [0.5, 0.6) is 0 Å². The van der Waals surface area contributed by atoms with Crippen molar-refractivity contribution in [3.8, 4) is 0 Å². The Bertz CT molecular complexity index is 422. The van der Waals surface area contributed by atoms with Gasteiger partial charge < -0.3 is 15.5 Å². The molecule has 1 fully saturated rings. The molecule has 0 aromatic carbocycles. The van der Waals surface area contributed by atoms with Gasteiger partial charge in [-0.2, -0.15) is 0 Å². The van der Waals surface area contributed by atoms with Gasteiger partial charge in [-0.1, -0.05) is 0 Å². The molecule has 106 valence electrons. The fourth-order valence-electron chi connectivity index (χ4n) is 2.27. The first-order chi connectivity index (χ1) is 8.93. The second-order valence-electron chi connectivity index (χ2n) is 5.76. The summed E-state index contributed by atoms with van der Waals surface area (Å²) in [5.41, 5.74) is 5.35. The molecule has 0 bridgehead atoms. The van der Waals surface area contributed by atoms with Gasteiger partial charge in [0, 0.05) is 6.54 Å². The van der Waals surface area contributed by atoms with Gasteiger partial charge in [0.25, 0.3) is 0 Å². The van der Waals surface area contributed by atoms with Crippen LogP contribution < -0.4 is 11.1 Å². The minimum absolute atomic E-state index is 0.0222. The van der Waals surface area contributed by atoms with Crippen molar-refractivity contribution >= 4 is 5.91 Å². The molecule has 2 rings (SSSR count). The molecule has 2 unspecified atom stereocenters. The Hall–Kier alpha value is -1.33. The van der Waals surface area contributed by atoms with Gasteiger partial charge in [0.2, 0.25) is 5.91 Å². The number of likely N-dealkylation sites (N-methyl/N-ethyl adjacent to an activating group) is 1. The van der Waals surface area contributed by atoms with Crippen LogP contribution in [-0.4, -0.2) is 37.0 Å². The molecule has 1 heterocycles. The van der Waals surface area contributed by atoms with E-state index >= 15 is 0 Å². The lowest BCUT2D eigenvalue weighted by atomic mass is 9.96. The monoisotopic (exact) mass is 265 g/mol. The highest BCUT2D eigenvalue weighted by molar-refractivity contribution is 5.86. The van der Waals surface area contributed by atoms with Crippen molar-refractivity contribution in [1.82, 2.24) is 10.2 Å². The Morgan fingerprint density at radius 1 is 1.63 bits per heavy atom. The standard InChI is InChI=1S/C14H23N3O2/c1-14(15,10-6-7-10)13(18)16-9-11(17(2)3)12-5-4-8-19-12/h4-5,8,10-11H,6-7,9,15H2,1-3H3,(H,16,18). The van der Waals surface area contributed by atoms with Crippen molar-refractivity contribution in [2.75, 3.05) is 20.6 Å². The number of rotatable bonds is 6. The van der Waals surface area contributed by atoms with E-state index in [1.165, 1.54) is 0 Å². The normalized spacial score (nSPS) is 20.1. The summed E-state index contributed by atoms with van der Waals surface area (Å²) in [6.45, 7) is 2.32. The minimum atomic E-state index is -0.750. The predicted molar refractivity (Wildman–Crippen MR) is 73.5 cm³/mol. The first kappa shape index (κ1) is 14.1. The van der Waals surface area contributed by atoms with Crippen LogP contribution in [0.4, 0.5) is 0 Å². The van der Waals surface area contributed by atoms with Crippen LogP contribution >= 0.6 is 0 Å². The van der Waals surface area contributed by atoms with Gasteiger partial charge in [0.15, 0.2) is 0 Å². The summed E-state index contributed by atoms with van der Waals surface area (Å²) in [5, 5.41) is 2.95. The Kier molecular flexibility index (Phi) is 3.96. The van der Waals surface area contributed by atoms with E-state index in [1.54, 1.807) is 6.26 Å². The molecular formula is C14H23N3O2. The molecule has 1 saturated carbocycles. The van der Waals surface area contributed by atoms with Crippen LogP contribution in [0, 0.1) is 5.92 Å². The van der Waals surface area contributed by atoms with Gasteiger partial charge >= 0.3 is 0 Å². The van der Waals surface area contributed by atoms with Crippen LogP contribution in [0.25, 0.3) is 0 Å². The predicted octanol–water partition coefficient (Wildman–Crippen LogP) is 1.13. The molecule has 2 atom stereocenters. The summed E-state index contributed by atoms with van der Waals surface area (Å²) in [5.74, 6) is 1.10. The third-order valence-corrected chi connectivity index (χ3v) is 3.87. The largest absolute Gasteiger partial charge is 0.468 e. The summed E-state index contributed by atoms with van der Waals surface area (Å²) in [4.78, 5) is 14.2. The van der Waals surface area contributed by atoms with Crippen LogP contribution in [-0.2, 0) is 4.79 Å². The second-order valence-corrected chi connectivity index (χ2v) is 5.76. The SMILES string of the molecule is CN(C)C(CNC(=O)C(C)(N)C1CC1)c1ccco1. The highest BCUT2D eigenvalue weighted by Crippen LogP contribution is 2.38. The van der Waals surface area contributed by atoms with E-state index in [9.17, 15) is 4.79 Å². The molecule has 0 aliphatic heterocycles. The second kappa shape index (κ2) is 5.35. The number of hydrogen-bond donors (Lipinski definition) is 2. The lowest BCUT2D eigenvalue weighted by Gasteiger charge is -2.27. The Balaban J connectivity index is 1.94. The van der Waals surface area contributed by atoms with E-state index in [-0.39, 0.29) is 11.9 Å².